The lowest BCUT2D eigenvalue weighted by Crippen LogP contribution is -2.43. The fourth-order valence-electron chi connectivity index (χ4n) is 3.60. The van der Waals surface area contributed by atoms with Gasteiger partial charge in [0.2, 0.25) is 5.91 Å². The van der Waals surface area contributed by atoms with E-state index in [0.717, 1.165) is 25.7 Å². The summed E-state index contributed by atoms with van der Waals surface area (Å²) >= 11 is 0. The quantitative estimate of drug-likeness (QED) is 0.800. The molecule has 1 N–H and O–H groups in total. The highest BCUT2D eigenvalue weighted by Crippen LogP contribution is 2.28. The molecular formula is C14H22N2O5S. The van der Waals surface area contributed by atoms with Gasteiger partial charge in [-0.05, 0) is 12.8 Å². The Balaban J connectivity index is 1.48. The Morgan fingerprint density at radius 1 is 1.23 bits per heavy atom. The first-order valence-corrected chi connectivity index (χ1v) is 9.74. The summed E-state index contributed by atoms with van der Waals surface area (Å²) in [4.78, 5) is 25.3. The van der Waals surface area contributed by atoms with Crippen molar-refractivity contribution in [2.45, 2.75) is 44.2 Å². The van der Waals surface area contributed by atoms with Gasteiger partial charge in [0.05, 0.1) is 17.5 Å². The number of fused-ring (bicyclic) bond motifs is 1. The van der Waals surface area contributed by atoms with Crippen molar-refractivity contribution in [3.63, 3.8) is 0 Å². The third kappa shape index (κ3) is 3.21. The van der Waals surface area contributed by atoms with Crippen LogP contribution in [0.25, 0.3) is 0 Å². The van der Waals surface area contributed by atoms with E-state index in [1.165, 1.54) is 11.3 Å². The SMILES string of the molecule is O=C(NCCN1C(=O)O[C@@H]2CS(=O)(=O)C[C@@H]21)C1CCCCC1. The molecule has 2 saturated heterocycles. The van der Waals surface area contributed by atoms with Gasteiger partial charge in [-0.2, -0.15) is 0 Å². The third-order valence-electron chi connectivity index (χ3n) is 4.79. The number of carbonyl (C=O) groups excluding carboxylic acids is 2. The number of ether oxygens (including phenoxy) is 1. The van der Waals surface area contributed by atoms with Gasteiger partial charge in [-0.3, -0.25) is 9.69 Å². The van der Waals surface area contributed by atoms with E-state index in [1.807, 2.05) is 0 Å². The van der Waals surface area contributed by atoms with E-state index in [-0.39, 0.29) is 23.3 Å². The highest BCUT2D eigenvalue weighted by atomic mass is 32.2. The minimum Gasteiger partial charge on any atom is -0.443 e. The van der Waals surface area contributed by atoms with E-state index in [9.17, 15) is 18.0 Å². The molecule has 1 aliphatic carbocycles. The molecule has 0 bridgehead atoms. The van der Waals surface area contributed by atoms with E-state index in [0.29, 0.717) is 13.1 Å². The minimum atomic E-state index is -3.13. The molecule has 2 aliphatic heterocycles. The number of sulfone groups is 1. The van der Waals surface area contributed by atoms with Crippen molar-refractivity contribution in [3.05, 3.63) is 0 Å². The summed E-state index contributed by atoms with van der Waals surface area (Å²) in [6.45, 7) is 0.641. The van der Waals surface area contributed by atoms with Crippen molar-refractivity contribution in [3.8, 4) is 0 Å². The molecule has 7 nitrogen and oxygen atoms in total. The maximum absolute atomic E-state index is 12.0. The maximum atomic E-state index is 12.0. The van der Waals surface area contributed by atoms with Crippen LogP contribution in [0.3, 0.4) is 0 Å². The Morgan fingerprint density at radius 2 is 1.95 bits per heavy atom. The summed E-state index contributed by atoms with van der Waals surface area (Å²) < 4.78 is 28.3. The average Bonchev–Trinajstić information content (AvgIpc) is 2.92. The molecule has 22 heavy (non-hydrogen) atoms. The minimum absolute atomic E-state index is 0.0417. The van der Waals surface area contributed by atoms with E-state index in [2.05, 4.69) is 5.32 Å². The van der Waals surface area contributed by atoms with Crippen LogP contribution in [0.5, 0.6) is 0 Å². The number of hydrogen-bond acceptors (Lipinski definition) is 5. The molecular weight excluding hydrogens is 308 g/mol. The Morgan fingerprint density at radius 3 is 2.68 bits per heavy atom. The predicted molar refractivity (Wildman–Crippen MR) is 79.0 cm³/mol. The van der Waals surface area contributed by atoms with Crippen LogP contribution in [0.15, 0.2) is 0 Å². The van der Waals surface area contributed by atoms with Crippen molar-refractivity contribution in [1.82, 2.24) is 10.2 Å². The molecule has 0 unspecified atom stereocenters. The van der Waals surface area contributed by atoms with Crippen LogP contribution >= 0.6 is 0 Å². The fourth-order valence-corrected chi connectivity index (χ4v) is 5.44. The second kappa shape index (κ2) is 6.06. The van der Waals surface area contributed by atoms with Crippen LogP contribution in [0.1, 0.15) is 32.1 Å². The number of hydrogen-bond donors (Lipinski definition) is 1. The van der Waals surface area contributed by atoms with Gasteiger partial charge < -0.3 is 10.1 Å². The van der Waals surface area contributed by atoms with Crippen LogP contribution in [0, 0.1) is 5.92 Å². The molecule has 2 amide bonds. The lowest BCUT2D eigenvalue weighted by atomic mass is 9.89. The summed E-state index contributed by atoms with van der Waals surface area (Å²) in [7, 11) is -3.13. The normalized spacial score (nSPS) is 30.9. The molecule has 2 heterocycles. The number of nitrogens with one attached hydrogen (secondary N) is 1. The second-order valence-corrected chi connectivity index (χ2v) is 8.54. The zero-order chi connectivity index (χ0) is 15.7. The molecule has 1 saturated carbocycles. The van der Waals surface area contributed by atoms with Crippen LogP contribution in [0.2, 0.25) is 0 Å². The van der Waals surface area contributed by atoms with E-state index >= 15 is 0 Å². The lowest BCUT2D eigenvalue weighted by molar-refractivity contribution is -0.125. The predicted octanol–water partition coefficient (Wildman–Crippen LogP) is 0.301. The van der Waals surface area contributed by atoms with Gasteiger partial charge in [0.15, 0.2) is 9.84 Å². The maximum Gasteiger partial charge on any atom is 0.410 e. The summed E-state index contributed by atoms with van der Waals surface area (Å²) in [6, 6.07) is -0.399. The fraction of sp³-hybridized carbons (Fsp3) is 0.857. The first kappa shape index (κ1) is 15.6. The number of nitrogens with zero attached hydrogens (tertiary/aromatic N) is 1. The van der Waals surface area contributed by atoms with Gasteiger partial charge in [0.1, 0.15) is 6.10 Å². The van der Waals surface area contributed by atoms with Crippen LogP contribution in [-0.4, -0.2) is 62.1 Å². The Hall–Kier alpha value is -1.31. The van der Waals surface area contributed by atoms with Gasteiger partial charge >= 0.3 is 6.09 Å². The summed E-state index contributed by atoms with van der Waals surface area (Å²) in [6.07, 6.45) is 4.22. The standard InChI is InChI=1S/C14H22N2O5S/c17-13(10-4-2-1-3-5-10)15-6-7-16-11-8-22(19,20)9-12(11)21-14(16)18/h10-12H,1-9H2,(H,15,17)/t11-,12+/m0/s1. The van der Waals surface area contributed by atoms with E-state index in [4.69, 9.17) is 4.74 Å². The summed E-state index contributed by atoms with van der Waals surface area (Å²) in [5.41, 5.74) is 0. The van der Waals surface area contributed by atoms with Crippen LogP contribution < -0.4 is 5.32 Å². The van der Waals surface area contributed by atoms with Gasteiger partial charge in [-0.15, -0.1) is 0 Å². The van der Waals surface area contributed by atoms with E-state index < -0.39 is 28.1 Å². The molecule has 3 aliphatic rings. The number of rotatable bonds is 4. The van der Waals surface area contributed by atoms with Crippen molar-refractivity contribution >= 4 is 21.8 Å². The highest BCUT2D eigenvalue weighted by Gasteiger charge is 2.50. The van der Waals surface area contributed by atoms with Gasteiger partial charge in [0.25, 0.3) is 0 Å². The van der Waals surface area contributed by atoms with E-state index in [1.54, 1.807) is 0 Å². The zero-order valence-electron chi connectivity index (χ0n) is 12.5. The lowest BCUT2D eigenvalue weighted by Gasteiger charge is -2.23. The molecule has 2 atom stereocenters. The molecule has 8 heteroatoms. The molecule has 0 aromatic heterocycles. The Labute approximate surface area is 130 Å². The number of carbonyl (C=O) groups is 2. The molecule has 0 radical (unpaired) electrons. The largest absolute Gasteiger partial charge is 0.443 e. The molecule has 0 aromatic carbocycles. The van der Waals surface area contributed by atoms with Crippen molar-refractivity contribution < 1.29 is 22.7 Å². The first-order chi connectivity index (χ1) is 10.5. The molecule has 0 aromatic rings. The Bertz CT molecular complexity index is 556. The molecule has 3 rings (SSSR count). The highest BCUT2D eigenvalue weighted by molar-refractivity contribution is 7.91. The third-order valence-corrected chi connectivity index (χ3v) is 6.47. The smallest absolute Gasteiger partial charge is 0.410 e. The van der Waals surface area contributed by atoms with Crippen molar-refractivity contribution in [2.75, 3.05) is 24.6 Å². The topological polar surface area (TPSA) is 92.8 Å². The Kier molecular flexibility index (Phi) is 4.29. The van der Waals surface area contributed by atoms with Gasteiger partial charge in [0, 0.05) is 19.0 Å². The van der Waals surface area contributed by atoms with Gasteiger partial charge in [-0.25, -0.2) is 13.2 Å². The van der Waals surface area contributed by atoms with Crippen molar-refractivity contribution in [1.29, 1.82) is 0 Å². The molecule has 3 fully saturated rings. The zero-order valence-corrected chi connectivity index (χ0v) is 13.3. The number of amides is 2. The van der Waals surface area contributed by atoms with Gasteiger partial charge in [-0.1, -0.05) is 19.3 Å². The average molecular weight is 330 g/mol. The summed E-state index contributed by atoms with van der Waals surface area (Å²) in [5.74, 6) is -0.00402. The second-order valence-electron chi connectivity index (χ2n) is 6.39. The van der Waals surface area contributed by atoms with Crippen molar-refractivity contribution in [2.24, 2.45) is 5.92 Å². The monoisotopic (exact) mass is 330 g/mol. The molecule has 0 spiro atoms. The molecule has 124 valence electrons. The van der Waals surface area contributed by atoms with Crippen LogP contribution in [0.4, 0.5) is 4.79 Å². The first-order valence-electron chi connectivity index (χ1n) is 7.92. The summed E-state index contributed by atoms with van der Waals surface area (Å²) in [5, 5.41) is 2.86. The van der Waals surface area contributed by atoms with Crippen LogP contribution in [-0.2, 0) is 19.4 Å².